The number of hydrogen-bond acceptors (Lipinski definition) is 3. The highest BCUT2D eigenvalue weighted by Gasteiger charge is 2.25. The van der Waals surface area contributed by atoms with Crippen molar-refractivity contribution >= 4 is 11.6 Å². The molecule has 0 spiro atoms. The highest BCUT2D eigenvalue weighted by molar-refractivity contribution is 5.88. The van der Waals surface area contributed by atoms with Crippen LogP contribution in [0.3, 0.4) is 0 Å². The Morgan fingerprint density at radius 3 is 2.90 bits per heavy atom. The van der Waals surface area contributed by atoms with Crippen molar-refractivity contribution in [2.45, 2.75) is 58.2 Å². The van der Waals surface area contributed by atoms with E-state index in [1.54, 1.807) is 0 Å². The molecule has 0 radical (unpaired) electrons. The van der Waals surface area contributed by atoms with Crippen molar-refractivity contribution in [2.24, 2.45) is 0 Å². The minimum atomic E-state index is -0.0430. The maximum atomic E-state index is 11.1. The highest BCUT2D eigenvalue weighted by Crippen LogP contribution is 2.22. The maximum Gasteiger partial charge on any atom is 0.221 e. The topological polar surface area (TPSA) is 50.4 Å². The number of amides is 1. The Kier molecular flexibility index (Phi) is 5.76. The van der Waals surface area contributed by atoms with Crippen molar-refractivity contribution in [3.05, 3.63) is 29.8 Å². The molecule has 21 heavy (non-hydrogen) atoms. The largest absolute Gasteiger partial charge is 0.377 e. The second kappa shape index (κ2) is 7.57. The Morgan fingerprint density at radius 2 is 2.29 bits per heavy atom. The molecule has 116 valence electrons. The van der Waals surface area contributed by atoms with Gasteiger partial charge >= 0.3 is 0 Å². The van der Waals surface area contributed by atoms with Gasteiger partial charge in [-0.3, -0.25) is 4.79 Å². The number of nitrogens with one attached hydrogen (secondary N) is 2. The van der Waals surface area contributed by atoms with Crippen molar-refractivity contribution < 1.29 is 9.53 Å². The maximum absolute atomic E-state index is 11.1. The summed E-state index contributed by atoms with van der Waals surface area (Å²) >= 11 is 0. The third-order valence-corrected chi connectivity index (χ3v) is 4.02. The molecular weight excluding hydrogens is 264 g/mol. The molecule has 2 N–H and O–H groups in total. The smallest absolute Gasteiger partial charge is 0.221 e. The summed E-state index contributed by atoms with van der Waals surface area (Å²) in [6.07, 6.45) is 3.69. The summed E-state index contributed by atoms with van der Waals surface area (Å²) in [5, 5.41) is 6.50. The number of hydrogen-bond donors (Lipinski definition) is 2. The molecule has 3 atom stereocenters. The fourth-order valence-electron chi connectivity index (χ4n) is 2.91. The molecule has 1 saturated heterocycles. The minimum Gasteiger partial charge on any atom is -0.377 e. The highest BCUT2D eigenvalue weighted by atomic mass is 16.5. The summed E-state index contributed by atoms with van der Waals surface area (Å²) in [5.74, 6) is -0.0430. The zero-order chi connectivity index (χ0) is 15.2. The lowest BCUT2D eigenvalue weighted by atomic mass is 10.0. The molecule has 0 aromatic heterocycles. The summed E-state index contributed by atoms with van der Waals surface area (Å²) in [4.78, 5) is 11.1. The van der Waals surface area contributed by atoms with Crippen molar-refractivity contribution in [3.8, 4) is 0 Å². The first-order valence-corrected chi connectivity index (χ1v) is 7.85. The molecule has 0 bridgehead atoms. The van der Waals surface area contributed by atoms with E-state index in [1.165, 1.54) is 12.5 Å². The fourth-order valence-corrected chi connectivity index (χ4v) is 2.91. The molecule has 0 aliphatic carbocycles. The molecule has 1 aromatic rings. The third kappa shape index (κ3) is 4.55. The summed E-state index contributed by atoms with van der Waals surface area (Å²) in [6, 6.07) is 8.62. The number of benzene rings is 1. The monoisotopic (exact) mass is 290 g/mol. The zero-order valence-electron chi connectivity index (χ0n) is 13.2. The first-order chi connectivity index (χ1) is 10.1. The average molecular weight is 290 g/mol. The number of carbonyl (C=O) groups is 1. The Hall–Kier alpha value is -1.39. The van der Waals surface area contributed by atoms with E-state index in [0.717, 1.165) is 31.6 Å². The quantitative estimate of drug-likeness (QED) is 0.845. The second-order valence-corrected chi connectivity index (χ2v) is 5.76. The predicted molar refractivity (Wildman–Crippen MR) is 85.3 cm³/mol. The molecule has 0 saturated carbocycles. The number of carbonyl (C=O) groups excluding carboxylic acids is 1. The molecule has 1 fully saturated rings. The number of anilines is 1. The van der Waals surface area contributed by atoms with Crippen LogP contribution < -0.4 is 10.6 Å². The van der Waals surface area contributed by atoms with Crippen LogP contribution in [-0.4, -0.2) is 24.7 Å². The van der Waals surface area contributed by atoms with Crippen LogP contribution in [0.5, 0.6) is 0 Å². The lowest BCUT2D eigenvalue weighted by Crippen LogP contribution is -2.40. The molecule has 1 heterocycles. The SMILES string of the molecule is CC[C@H](N[C@H](C)c1cccc(NC(C)=O)c1)[C@@H]1CCCO1. The van der Waals surface area contributed by atoms with Gasteiger partial charge in [0.2, 0.25) is 5.91 Å². The van der Waals surface area contributed by atoms with E-state index in [2.05, 4.69) is 30.5 Å². The van der Waals surface area contributed by atoms with E-state index >= 15 is 0 Å². The van der Waals surface area contributed by atoms with E-state index in [4.69, 9.17) is 4.74 Å². The Balaban J connectivity index is 2.01. The van der Waals surface area contributed by atoms with E-state index in [9.17, 15) is 4.79 Å². The van der Waals surface area contributed by atoms with Crippen molar-refractivity contribution in [1.29, 1.82) is 0 Å². The van der Waals surface area contributed by atoms with Gasteiger partial charge in [0.25, 0.3) is 0 Å². The molecule has 2 rings (SSSR count). The molecule has 1 aliphatic rings. The standard InChI is InChI=1S/C17H26N2O2/c1-4-16(17-9-6-10-21-17)18-12(2)14-7-5-8-15(11-14)19-13(3)20/h5,7-8,11-12,16-18H,4,6,9-10H2,1-3H3,(H,19,20)/t12-,16+,17+/m1/s1. The second-order valence-electron chi connectivity index (χ2n) is 5.76. The summed E-state index contributed by atoms with van der Waals surface area (Å²) < 4.78 is 5.80. The average Bonchev–Trinajstić information content (AvgIpc) is 2.98. The predicted octanol–water partition coefficient (Wildman–Crippen LogP) is 3.25. The van der Waals surface area contributed by atoms with Crippen LogP contribution >= 0.6 is 0 Å². The number of rotatable bonds is 6. The molecule has 0 unspecified atom stereocenters. The van der Waals surface area contributed by atoms with E-state index in [-0.39, 0.29) is 11.9 Å². The van der Waals surface area contributed by atoms with Gasteiger partial charge in [-0.15, -0.1) is 0 Å². The fraction of sp³-hybridized carbons (Fsp3) is 0.588. The van der Waals surface area contributed by atoms with Gasteiger partial charge in [-0.1, -0.05) is 19.1 Å². The lowest BCUT2D eigenvalue weighted by Gasteiger charge is -2.27. The van der Waals surface area contributed by atoms with Crippen LogP contribution in [0.15, 0.2) is 24.3 Å². The van der Waals surface area contributed by atoms with Crippen LogP contribution in [0, 0.1) is 0 Å². The van der Waals surface area contributed by atoms with Gasteiger partial charge in [0, 0.05) is 31.3 Å². The Labute approximate surface area is 127 Å². The van der Waals surface area contributed by atoms with Crippen molar-refractivity contribution in [2.75, 3.05) is 11.9 Å². The van der Waals surface area contributed by atoms with Gasteiger partial charge in [-0.25, -0.2) is 0 Å². The Bertz CT molecular complexity index is 470. The molecule has 1 aromatic carbocycles. The Morgan fingerprint density at radius 1 is 1.48 bits per heavy atom. The van der Waals surface area contributed by atoms with E-state index in [0.29, 0.717) is 12.1 Å². The van der Waals surface area contributed by atoms with Crippen LogP contribution in [0.25, 0.3) is 0 Å². The van der Waals surface area contributed by atoms with Crippen LogP contribution in [0.1, 0.15) is 51.6 Å². The normalized spacial score (nSPS) is 21.0. The van der Waals surface area contributed by atoms with Gasteiger partial charge in [0.15, 0.2) is 0 Å². The third-order valence-electron chi connectivity index (χ3n) is 4.02. The number of ether oxygens (including phenoxy) is 1. The molecule has 1 amide bonds. The van der Waals surface area contributed by atoms with Gasteiger partial charge in [0.05, 0.1) is 6.10 Å². The summed E-state index contributed by atoms with van der Waals surface area (Å²) in [5.41, 5.74) is 2.02. The minimum absolute atomic E-state index is 0.0430. The van der Waals surface area contributed by atoms with Crippen molar-refractivity contribution in [1.82, 2.24) is 5.32 Å². The van der Waals surface area contributed by atoms with Crippen LogP contribution in [0.2, 0.25) is 0 Å². The van der Waals surface area contributed by atoms with Gasteiger partial charge in [-0.05, 0) is 43.9 Å². The van der Waals surface area contributed by atoms with E-state index < -0.39 is 0 Å². The molecule has 1 aliphatic heterocycles. The van der Waals surface area contributed by atoms with Gasteiger partial charge < -0.3 is 15.4 Å². The molecular formula is C17H26N2O2. The van der Waals surface area contributed by atoms with Crippen molar-refractivity contribution in [3.63, 3.8) is 0 Å². The zero-order valence-corrected chi connectivity index (χ0v) is 13.2. The lowest BCUT2D eigenvalue weighted by molar-refractivity contribution is -0.114. The molecule has 4 heteroatoms. The van der Waals surface area contributed by atoms with Gasteiger partial charge in [0.1, 0.15) is 0 Å². The first-order valence-electron chi connectivity index (χ1n) is 7.85. The van der Waals surface area contributed by atoms with Crippen LogP contribution in [0.4, 0.5) is 5.69 Å². The first kappa shape index (κ1) is 16.0. The van der Waals surface area contributed by atoms with E-state index in [1.807, 2.05) is 18.2 Å². The molecule has 4 nitrogen and oxygen atoms in total. The summed E-state index contributed by atoms with van der Waals surface area (Å²) in [7, 11) is 0. The van der Waals surface area contributed by atoms with Gasteiger partial charge in [-0.2, -0.15) is 0 Å². The van der Waals surface area contributed by atoms with Crippen LogP contribution in [-0.2, 0) is 9.53 Å². The summed E-state index contributed by atoms with van der Waals surface area (Å²) in [6.45, 7) is 6.76.